The molecule has 0 fully saturated rings. The summed E-state index contributed by atoms with van der Waals surface area (Å²) in [5.74, 6) is -0.0666. The number of aliphatic hydroxyl groups excluding tert-OH is 1. The Morgan fingerprint density at radius 1 is 0.938 bits per heavy atom. The number of aliphatic hydroxyl groups is 1. The van der Waals surface area contributed by atoms with Gasteiger partial charge in [0.1, 0.15) is 0 Å². The van der Waals surface area contributed by atoms with Crippen molar-refractivity contribution in [1.29, 1.82) is 0 Å². The molecule has 1 unspecified atom stereocenters. The summed E-state index contributed by atoms with van der Waals surface area (Å²) < 4.78 is 6.19. The van der Waals surface area contributed by atoms with Crippen LogP contribution < -0.4 is 0 Å². The van der Waals surface area contributed by atoms with Gasteiger partial charge in [-0.3, -0.25) is 9.59 Å². The van der Waals surface area contributed by atoms with Gasteiger partial charge >= 0.3 is 0 Å². The Kier molecular flexibility index (Phi) is 5.86. The molecule has 0 bridgehead atoms. The Morgan fingerprint density at radius 2 is 1.59 bits per heavy atom. The lowest BCUT2D eigenvalue weighted by molar-refractivity contribution is -0.0639. The topological polar surface area (TPSA) is 70.1 Å². The first-order valence-corrected chi connectivity index (χ1v) is 11.2. The van der Waals surface area contributed by atoms with Gasteiger partial charge in [0.15, 0.2) is 6.23 Å². The van der Waals surface area contributed by atoms with Crippen molar-refractivity contribution in [3.8, 4) is 0 Å². The summed E-state index contributed by atoms with van der Waals surface area (Å²) in [6.45, 7) is 9.68. The number of nitrogens with zero attached hydrogens (tertiary/aromatic N) is 2. The minimum absolute atomic E-state index is 0.0821. The lowest BCUT2D eigenvalue weighted by Crippen LogP contribution is -2.47. The zero-order valence-corrected chi connectivity index (χ0v) is 19.3. The van der Waals surface area contributed by atoms with Crippen molar-refractivity contribution in [3.05, 3.63) is 70.8 Å². The Labute approximate surface area is 189 Å². The summed E-state index contributed by atoms with van der Waals surface area (Å²) in [5, 5.41) is 10.7. The standard InChI is InChI=1S/C26H32N2O4/c1-25(2,28-23(30)20-11-7-8-12-21(20)24(28)31)14-16-32-26(3,4)13-15-27-17-18-9-5-6-10-19(18)22(27)29/h5-12,23,30H,13-17H2,1-4H3. The summed E-state index contributed by atoms with van der Waals surface area (Å²) >= 11 is 0. The van der Waals surface area contributed by atoms with Gasteiger partial charge in [0, 0.05) is 41.9 Å². The third kappa shape index (κ3) is 4.17. The molecule has 170 valence electrons. The molecule has 0 radical (unpaired) electrons. The van der Waals surface area contributed by atoms with Gasteiger partial charge < -0.3 is 19.6 Å². The van der Waals surface area contributed by atoms with E-state index in [1.807, 2.05) is 69.0 Å². The van der Waals surface area contributed by atoms with Crippen LogP contribution in [-0.2, 0) is 11.3 Å². The molecule has 2 aromatic carbocycles. The maximum Gasteiger partial charge on any atom is 0.257 e. The van der Waals surface area contributed by atoms with Gasteiger partial charge in [0.25, 0.3) is 11.8 Å². The van der Waals surface area contributed by atoms with Crippen LogP contribution in [0.2, 0.25) is 0 Å². The largest absolute Gasteiger partial charge is 0.375 e. The van der Waals surface area contributed by atoms with Crippen molar-refractivity contribution in [3.63, 3.8) is 0 Å². The molecule has 0 saturated heterocycles. The second-order valence-electron chi connectivity index (χ2n) is 9.94. The summed E-state index contributed by atoms with van der Waals surface area (Å²) in [6.07, 6.45) is 0.357. The molecule has 0 saturated carbocycles. The van der Waals surface area contributed by atoms with E-state index in [1.165, 1.54) is 0 Å². The molecule has 0 aromatic heterocycles. The van der Waals surface area contributed by atoms with E-state index in [-0.39, 0.29) is 11.8 Å². The molecule has 1 N–H and O–H groups in total. The van der Waals surface area contributed by atoms with Crippen LogP contribution in [0.3, 0.4) is 0 Å². The zero-order valence-electron chi connectivity index (χ0n) is 19.3. The number of fused-ring (bicyclic) bond motifs is 2. The van der Waals surface area contributed by atoms with Crippen LogP contribution in [-0.4, -0.2) is 51.0 Å². The highest BCUT2D eigenvalue weighted by Gasteiger charge is 2.43. The van der Waals surface area contributed by atoms with Crippen molar-refractivity contribution >= 4 is 11.8 Å². The van der Waals surface area contributed by atoms with Crippen molar-refractivity contribution in [2.75, 3.05) is 13.2 Å². The van der Waals surface area contributed by atoms with Gasteiger partial charge in [-0.1, -0.05) is 36.4 Å². The predicted molar refractivity (Wildman–Crippen MR) is 122 cm³/mol. The second kappa shape index (κ2) is 8.34. The lowest BCUT2D eigenvalue weighted by atomic mass is 9.98. The Balaban J connectivity index is 1.30. The fourth-order valence-corrected chi connectivity index (χ4v) is 4.57. The van der Waals surface area contributed by atoms with Crippen LogP contribution in [0.5, 0.6) is 0 Å². The third-order valence-electron chi connectivity index (χ3n) is 6.67. The second-order valence-corrected chi connectivity index (χ2v) is 9.94. The zero-order chi connectivity index (χ0) is 23.1. The number of ether oxygens (including phenoxy) is 1. The Bertz CT molecular complexity index is 1030. The number of hydrogen-bond donors (Lipinski definition) is 1. The van der Waals surface area contributed by atoms with E-state index >= 15 is 0 Å². The van der Waals surface area contributed by atoms with E-state index in [9.17, 15) is 14.7 Å². The molecule has 2 aromatic rings. The van der Waals surface area contributed by atoms with Crippen LogP contribution in [0.1, 0.15) is 78.6 Å². The summed E-state index contributed by atoms with van der Waals surface area (Å²) in [6, 6.07) is 15.0. The number of carbonyl (C=O) groups excluding carboxylic acids is 2. The molecule has 0 spiro atoms. The quantitative estimate of drug-likeness (QED) is 0.675. The molecule has 6 nitrogen and oxygen atoms in total. The van der Waals surface area contributed by atoms with Crippen LogP contribution >= 0.6 is 0 Å². The summed E-state index contributed by atoms with van der Waals surface area (Å²) in [7, 11) is 0. The maximum atomic E-state index is 12.9. The highest BCUT2D eigenvalue weighted by molar-refractivity contribution is 5.99. The van der Waals surface area contributed by atoms with Crippen LogP contribution in [0.25, 0.3) is 0 Å². The Morgan fingerprint density at radius 3 is 2.28 bits per heavy atom. The molecule has 2 aliphatic rings. The van der Waals surface area contributed by atoms with E-state index in [4.69, 9.17) is 4.74 Å². The van der Waals surface area contributed by atoms with Gasteiger partial charge in [-0.25, -0.2) is 0 Å². The van der Waals surface area contributed by atoms with E-state index in [0.29, 0.717) is 43.7 Å². The van der Waals surface area contributed by atoms with Crippen molar-refractivity contribution in [1.82, 2.24) is 9.80 Å². The highest BCUT2D eigenvalue weighted by Crippen LogP contribution is 2.38. The minimum Gasteiger partial charge on any atom is -0.375 e. The van der Waals surface area contributed by atoms with E-state index in [1.54, 1.807) is 17.0 Å². The first-order valence-electron chi connectivity index (χ1n) is 11.2. The van der Waals surface area contributed by atoms with Crippen LogP contribution in [0.4, 0.5) is 0 Å². The van der Waals surface area contributed by atoms with Gasteiger partial charge in [-0.05, 0) is 58.2 Å². The van der Waals surface area contributed by atoms with E-state index in [0.717, 1.165) is 11.1 Å². The molecule has 32 heavy (non-hydrogen) atoms. The predicted octanol–water partition coefficient (Wildman–Crippen LogP) is 4.14. The van der Waals surface area contributed by atoms with E-state index < -0.39 is 17.4 Å². The molecule has 2 aliphatic heterocycles. The molecule has 1 atom stereocenters. The number of amides is 2. The Hall–Kier alpha value is -2.70. The summed E-state index contributed by atoms with van der Waals surface area (Å²) in [5.41, 5.74) is 2.10. The SMILES string of the molecule is CC(C)(CCN1Cc2ccccc2C1=O)OCCC(C)(C)N1C(=O)c2ccccc2C1O. The number of rotatable bonds is 8. The highest BCUT2D eigenvalue weighted by atomic mass is 16.5. The average molecular weight is 437 g/mol. The normalized spacial score (nSPS) is 18.3. The van der Waals surface area contributed by atoms with Gasteiger partial charge in [0.05, 0.1) is 5.60 Å². The van der Waals surface area contributed by atoms with Crippen LogP contribution in [0, 0.1) is 0 Å². The van der Waals surface area contributed by atoms with Gasteiger partial charge in [-0.15, -0.1) is 0 Å². The molecular weight excluding hydrogens is 404 g/mol. The maximum absolute atomic E-state index is 12.9. The molecule has 6 heteroatoms. The van der Waals surface area contributed by atoms with Crippen molar-refractivity contribution < 1.29 is 19.4 Å². The summed E-state index contributed by atoms with van der Waals surface area (Å²) in [4.78, 5) is 28.9. The molecule has 4 rings (SSSR count). The fraction of sp³-hybridized carbons (Fsp3) is 0.462. The van der Waals surface area contributed by atoms with Crippen molar-refractivity contribution in [2.45, 2.75) is 64.4 Å². The third-order valence-corrected chi connectivity index (χ3v) is 6.67. The molecular formula is C26H32N2O4. The monoisotopic (exact) mass is 436 g/mol. The van der Waals surface area contributed by atoms with Gasteiger partial charge in [0.2, 0.25) is 0 Å². The number of carbonyl (C=O) groups is 2. The molecule has 0 aliphatic carbocycles. The first kappa shape index (κ1) is 22.5. The molecule has 2 amide bonds. The van der Waals surface area contributed by atoms with Crippen LogP contribution in [0.15, 0.2) is 48.5 Å². The smallest absolute Gasteiger partial charge is 0.257 e. The average Bonchev–Trinajstić information content (AvgIpc) is 3.21. The molecule has 2 heterocycles. The van der Waals surface area contributed by atoms with Crippen molar-refractivity contribution in [2.24, 2.45) is 0 Å². The first-order chi connectivity index (χ1) is 15.1. The number of benzene rings is 2. The van der Waals surface area contributed by atoms with Gasteiger partial charge in [-0.2, -0.15) is 0 Å². The lowest BCUT2D eigenvalue weighted by Gasteiger charge is -2.39. The fourth-order valence-electron chi connectivity index (χ4n) is 4.57. The minimum atomic E-state index is -0.940. The van der Waals surface area contributed by atoms with E-state index in [2.05, 4.69) is 0 Å². The number of hydrogen-bond acceptors (Lipinski definition) is 4.